The van der Waals surface area contributed by atoms with Crippen LogP contribution < -0.4 is 15.4 Å². The normalized spacial score (nSPS) is 12.1. The predicted octanol–water partition coefficient (Wildman–Crippen LogP) is 3.12. The SMILES string of the molecule is CCC(C(=O)Nc1cc(Cl)ccc1OC)S(=O)(=O)CC(=O)Nc1ccccc1. The van der Waals surface area contributed by atoms with Gasteiger partial charge in [0.2, 0.25) is 11.8 Å². The van der Waals surface area contributed by atoms with Crippen molar-refractivity contribution in [2.45, 2.75) is 18.6 Å². The van der Waals surface area contributed by atoms with E-state index in [2.05, 4.69) is 10.6 Å². The maximum atomic E-state index is 12.6. The number of methoxy groups -OCH3 is 1. The lowest BCUT2D eigenvalue weighted by atomic mass is 10.2. The molecule has 1 atom stereocenters. The number of ether oxygens (including phenoxy) is 1. The van der Waals surface area contributed by atoms with Crippen molar-refractivity contribution in [2.24, 2.45) is 0 Å². The van der Waals surface area contributed by atoms with E-state index in [4.69, 9.17) is 16.3 Å². The molecule has 2 aromatic carbocycles. The summed E-state index contributed by atoms with van der Waals surface area (Å²) >= 11 is 5.93. The van der Waals surface area contributed by atoms with Gasteiger partial charge in [0.05, 0.1) is 12.8 Å². The number of nitrogens with one attached hydrogen (secondary N) is 2. The van der Waals surface area contributed by atoms with Gasteiger partial charge in [-0.25, -0.2) is 8.42 Å². The molecule has 0 aliphatic heterocycles. The fourth-order valence-electron chi connectivity index (χ4n) is 2.60. The van der Waals surface area contributed by atoms with Crippen molar-refractivity contribution in [3.05, 3.63) is 53.6 Å². The zero-order valence-electron chi connectivity index (χ0n) is 15.4. The summed E-state index contributed by atoms with van der Waals surface area (Å²) in [4.78, 5) is 24.7. The average Bonchev–Trinajstić information content (AvgIpc) is 2.62. The molecule has 2 amide bonds. The van der Waals surface area contributed by atoms with Crippen LogP contribution in [0, 0.1) is 0 Å². The largest absolute Gasteiger partial charge is 0.495 e. The Morgan fingerprint density at radius 2 is 1.79 bits per heavy atom. The number of benzene rings is 2. The number of hydrogen-bond donors (Lipinski definition) is 2. The van der Waals surface area contributed by atoms with Crippen LogP contribution in [-0.2, 0) is 19.4 Å². The summed E-state index contributed by atoms with van der Waals surface area (Å²) < 4.78 is 30.4. The molecule has 0 bridgehead atoms. The number of hydrogen-bond acceptors (Lipinski definition) is 5. The van der Waals surface area contributed by atoms with Gasteiger partial charge in [-0.05, 0) is 36.8 Å². The maximum Gasteiger partial charge on any atom is 0.242 e. The molecule has 2 N–H and O–H groups in total. The number of anilines is 2. The minimum Gasteiger partial charge on any atom is -0.495 e. The minimum absolute atomic E-state index is 0.00959. The molecule has 0 saturated carbocycles. The molecule has 7 nitrogen and oxygen atoms in total. The zero-order valence-corrected chi connectivity index (χ0v) is 17.0. The van der Waals surface area contributed by atoms with Crippen LogP contribution in [-0.4, -0.2) is 38.3 Å². The predicted molar refractivity (Wildman–Crippen MR) is 110 cm³/mol. The van der Waals surface area contributed by atoms with Crippen molar-refractivity contribution >= 4 is 44.6 Å². The molecule has 0 fully saturated rings. The van der Waals surface area contributed by atoms with E-state index < -0.39 is 32.7 Å². The maximum absolute atomic E-state index is 12.6. The van der Waals surface area contributed by atoms with E-state index in [1.807, 2.05) is 0 Å². The Balaban J connectivity index is 2.12. The Hall–Kier alpha value is -2.58. The molecule has 2 rings (SSSR count). The molecule has 0 spiro atoms. The van der Waals surface area contributed by atoms with Crippen LogP contribution in [0.3, 0.4) is 0 Å². The van der Waals surface area contributed by atoms with E-state index >= 15 is 0 Å². The lowest BCUT2D eigenvalue weighted by Crippen LogP contribution is -2.39. The summed E-state index contributed by atoms with van der Waals surface area (Å²) in [5.74, 6) is -1.93. The van der Waals surface area contributed by atoms with Crippen LogP contribution in [0.25, 0.3) is 0 Å². The number of carbonyl (C=O) groups is 2. The summed E-state index contributed by atoms with van der Waals surface area (Å²) in [6.07, 6.45) is 0.00959. The van der Waals surface area contributed by atoms with Gasteiger partial charge >= 0.3 is 0 Å². The van der Waals surface area contributed by atoms with Gasteiger partial charge in [-0.2, -0.15) is 0 Å². The van der Waals surface area contributed by atoms with E-state index in [9.17, 15) is 18.0 Å². The minimum atomic E-state index is -4.04. The van der Waals surface area contributed by atoms with Gasteiger partial charge in [-0.1, -0.05) is 36.7 Å². The first-order chi connectivity index (χ1) is 13.3. The lowest BCUT2D eigenvalue weighted by molar-refractivity contribution is -0.115. The summed E-state index contributed by atoms with van der Waals surface area (Å²) in [5, 5.41) is 3.99. The smallest absolute Gasteiger partial charge is 0.242 e. The summed E-state index contributed by atoms with van der Waals surface area (Å²) in [6, 6.07) is 13.1. The Morgan fingerprint density at radius 1 is 1.11 bits per heavy atom. The van der Waals surface area contributed by atoms with Crippen molar-refractivity contribution in [1.82, 2.24) is 0 Å². The third-order valence-corrected chi connectivity index (χ3v) is 6.22. The van der Waals surface area contributed by atoms with E-state index in [0.29, 0.717) is 16.5 Å². The van der Waals surface area contributed by atoms with Crippen molar-refractivity contribution in [1.29, 1.82) is 0 Å². The van der Waals surface area contributed by atoms with E-state index in [-0.39, 0.29) is 12.1 Å². The molecular weight excluding hydrogens is 404 g/mol. The van der Waals surface area contributed by atoms with Crippen LogP contribution in [0.1, 0.15) is 13.3 Å². The van der Waals surface area contributed by atoms with Crippen LogP contribution in [0.5, 0.6) is 5.75 Å². The van der Waals surface area contributed by atoms with Crippen molar-refractivity contribution in [3.63, 3.8) is 0 Å². The molecular formula is C19H21ClN2O5S. The summed E-state index contributed by atoms with van der Waals surface area (Å²) in [7, 11) is -2.62. The second kappa shape index (κ2) is 9.57. The number of sulfone groups is 1. The third-order valence-electron chi connectivity index (χ3n) is 3.91. The molecule has 0 aromatic heterocycles. The molecule has 0 heterocycles. The quantitative estimate of drug-likeness (QED) is 0.677. The second-order valence-electron chi connectivity index (χ2n) is 5.95. The third kappa shape index (κ3) is 5.71. The lowest BCUT2D eigenvalue weighted by Gasteiger charge is -2.17. The van der Waals surface area contributed by atoms with Crippen LogP contribution >= 0.6 is 11.6 Å². The highest BCUT2D eigenvalue weighted by molar-refractivity contribution is 7.93. The van der Waals surface area contributed by atoms with Crippen LogP contribution in [0.4, 0.5) is 11.4 Å². The summed E-state index contributed by atoms with van der Waals surface area (Å²) in [6.45, 7) is 1.56. The Kier molecular flexibility index (Phi) is 7.42. The number of carbonyl (C=O) groups excluding carboxylic acids is 2. The number of para-hydroxylation sites is 1. The second-order valence-corrected chi connectivity index (χ2v) is 8.57. The molecule has 0 aliphatic carbocycles. The first kappa shape index (κ1) is 21.7. The summed E-state index contributed by atoms with van der Waals surface area (Å²) in [5.41, 5.74) is 0.728. The van der Waals surface area contributed by atoms with Gasteiger partial charge < -0.3 is 15.4 Å². The van der Waals surface area contributed by atoms with Gasteiger partial charge in [0.25, 0.3) is 0 Å². The zero-order chi connectivity index (χ0) is 20.7. The fourth-order valence-corrected chi connectivity index (χ4v) is 4.30. The molecule has 9 heteroatoms. The van der Waals surface area contributed by atoms with Gasteiger partial charge in [-0.3, -0.25) is 9.59 Å². The van der Waals surface area contributed by atoms with Gasteiger partial charge in [0.1, 0.15) is 16.8 Å². The molecule has 0 aliphatic rings. The number of rotatable bonds is 8. The van der Waals surface area contributed by atoms with E-state index in [1.54, 1.807) is 49.4 Å². The average molecular weight is 425 g/mol. The Bertz CT molecular complexity index is 948. The number of amides is 2. The molecule has 2 aromatic rings. The first-order valence-electron chi connectivity index (χ1n) is 8.47. The Labute approximate surface area is 169 Å². The molecule has 0 saturated heterocycles. The van der Waals surface area contributed by atoms with Crippen molar-refractivity contribution in [3.8, 4) is 5.75 Å². The van der Waals surface area contributed by atoms with Crippen LogP contribution in [0.2, 0.25) is 5.02 Å². The first-order valence-corrected chi connectivity index (χ1v) is 10.6. The monoisotopic (exact) mass is 424 g/mol. The van der Waals surface area contributed by atoms with Gasteiger partial charge in [-0.15, -0.1) is 0 Å². The van der Waals surface area contributed by atoms with Gasteiger partial charge in [0, 0.05) is 10.7 Å². The van der Waals surface area contributed by atoms with E-state index in [0.717, 1.165) is 0 Å². The van der Waals surface area contributed by atoms with E-state index in [1.165, 1.54) is 13.2 Å². The highest BCUT2D eigenvalue weighted by atomic mass is 35.5. The molecule has 150 valence electrons. The molecule has 0 radical (unpaired) electrons. The van der Waals surface area contributed by atoms with Crippen molar-refractivity contribution < 1.29 is 22.7 Å². The topological polar surface area (TPSA) is 102 Å². The Morgan fingerprint density at radius 3 is 2.39 bits per heavy atom. The fraction of sp³-hybridized carbons (Fsp3) is 0.263. The molecule has 1 unspecified atom stereocenters. The highest BCUT2D eigenvalue weighted by Gasteiger charge is 2.33. The standard InChI is InChI=1S/C19H21ClN2O5S/c1-3-17(19(24)22-15-11-13(20)9-10-16(15)27-2)28(25,26)12-18(23)21-14-7-5-4-6-8-14/h4-11,17H,3,12H2,1-2H3,(H,21,23)(H,22,24). The number of halogens is 1. The van der Waals surface area contributed by atoms with Crippen molar-refractivity contribution in [2.75, 3.05) is 23.5 Å². The highest BCUT2D eigenvalue weighted by Crippen LogP contribution is 2.28. The molecule has 28 heavy (non-hydrogen) atoms. The van der Waals surface area contributed by atoms with Gasteiger partial charge in [0.15, 0.2) is 9.84 Å². The van der Waals surface area contributed by atoms with Crippen LogP contribution in [0.15, 0.2) is 48.5 Å².